The van der Waals surface area contributed by atoms with Crippen LogP contribution in [0.1, 0.15) is 29.6 Å². The van der Waals surface area contributed by atoms with E-state index in [1.807, 2.05) is 12.1 Å². The minimum Gasteiger partial charge on any atom is -0.366 e. The smallest absolute Gasteiger partial charge is 0.248 e. The number of fused-ring (bicyclic) bond motifs is 1. The van der Waals surface area contributed by atoms with Gasteiger partial charge < -0.3 is 15.6 Å². The molecule has 2 aromatic rings. The molecule has 3 rings (SSSR count). The number of nitrogens with zero attached hydrogens (tertiary/aromatic N) is 1. The van der Waals surface area contributed by atoms with E-state index in [1.165, 1.54) is 19.3 Å². The van der Waals surface area contributed by atoms with Gasteiger partial charge in [0.05, 0.1) is 0 Å². The standard InChI is InChI=1S/C14H17N3O/c15-14(18)10-4-5-12-11(8-10)9-13(16-12)17-6-2-1-3-7-17/h4-5,8-9,16H,1-3,6-7H2,(H2,15,18). The second-order valence-corrected chi connectivity index (χ2v) is 4.87. The van der Waals surface area contributed by atoms with Crippen LogP contribution in [-0.4, -0.2) is 24.0 Å². The molecule has 3 N–H and O–H groups in total. The van der Waals surface area contributed by atoms with Crippen molar-refractivity contribution in [3.63, 3.8) is 0 Å². The van der Waals surface area contributed by atoms with Crippen molar-refractivity contribution in [3.05, 3.63) is 29.8 Å². The van der Waals surface area contributed by atoms with Crippen molar-refractivity contribution in [1.82, 2.24) is 4.98 Å². The number of anilines is 1. The van der Waals surface area contributed by atoms with Crippen molar-refractivity contribution in [1.29, 1.82) is 0 Å². The highest BCUT2D eigenvalue weighted by Crippen LogP contribution is 2.25. The van der Waals surface area contributed by atoms with Crippen LogP contribution in [0.25, 0.3) is 10.9 Å². The fourth-order valence-corrected chi connectivity index (χ4v) is 2.58. The number of carbonyl (C=O) groups is 1. The van der Waals surface area contributed by atoms with Crippen LogP contribution in [-0.2, 0) is 0 Å². The highest BCUT2D eigenvalue weighted by Gasteiger charge is 2.13. The molecule has 0 atom stereocenters. The maximum atomic E-state index is 11.2. The van der Waals surface area contributed by atoms with E-state index in [0.29, 0.717) is 5.56 Å². The number of primary amides is 1. The first kappa shape index (κ1) is 11.1. The number of hydrogen-bond donors (Lipinski definition) is 2. The third-order valence-corrected chi connectivity index (χ3v) is 3.59. The average molecular weight is 243 g/mol. The number of aromatic amines is 1. The molecule has 1 fully saturated rings. The average Bonchev–Trinajstić information content (AvgIpc) is 2.82. The summed E-state index contributed by atoms with van der Waals surface area (Å²) in [5, 5.41) is 1.05. The molecule has 0 radical (unpaired) electrons. The molecule has 1 amide bonds. The van der Waals surface area contributed by atoms with Crippen molar-refractivity contribution in [2.45, 2.75) is 19.3 Å². The molecule has 1 aromatic heterocycles. The molecule has 0 aliphatic carbocycles. The first-order valence-corrected chi connectivity index (χ1v) is 6.41. The zero-order valence-electron chi connectivity index (χ0n) is 10.3. The third kappa shape index (κ3) is 1.94. The lowest BCUT2D eigenvalue weighted by Crippen LogP contribution is -2.29. The van der Waals surface area contributed by atoms with E-state index >= 15 is 0 Å². The van der Waals surface area contributed by atoms with E-state index in [2.05, 4.69) is 16.0 Å². The summed E-state index contributed by atoms with van der Waals surface area (Å²) in [6.07, 6.45) is 3.83. The van der Waals surface area contributed by atoms with Crippen LogP contribution in [0.15, 0.2) is 24.3 Å². The Balaban J connectivity index is 1.97. The number of nitrogens with one attached hydrogen (secondary N) is 1. The molecule has 0 saturated carbocycles. The number of rotatable bonds is 2. The third-order valence-electron chi connectivity index (χ3n) is 3.59. The molecule has 1 aromatic carbocycles. The number of carbonyl (C=O) groups excluding carboxylic acids is 1. The lowest BCUT2D eigenvalue weighted by molar-refractivity contribution is 0.100. The van der Waals surface area contributed by atoms with E-state index in [0.717, 1.165) is 29.8 Å². The van der Waals surface area contributed by atoms with Gasteiger partial charge in [0.2, 0.25) is 5.91 Å². The predicted molar refractivity (Wildman–Crippen MR) is 72.9 cm³/mol. The van der Waals surface area contributed by atoms with Crippen molar-refractivity contribution >= 4 is 22.6 Å². The SMILES string of the molecule is NC(=O)c1ccc2[nH]c(N3CCCCC3)cc2c1. The molecular formula is C14H17N3O. The summed E-state index contributed by atoms with van der Waals surface area (Å²) in [4.78, 5) is 16.9. The van der Waals surface area contributed by atoms with Crippen molar-refractivity contribution in [2.75, 3.05) is 18.0 Å². The summed E-state index contributed by atoms with van der Waals surface area (Å²) in [5.41, 5.74) is 6.91. The predicted octanol–water partition coefficient (Wildman–Crippen LogP) is 2.26. The van der Waals surface area contributed by atoms with E-state index in [1.54, 1.807) is 6.07 Å². The molecule has 0 spiro atoms. The summed E-state index contributed by atoms with van der Waals surface area (Å²) >= 11 is 0. The zero-order valence-corrected chi connectivity index (χ0v) is 10.3. The van der Waals surface area contributed by atoms with Crippen LogP contribution >= 0.6 is 0 Å². The van der Waals surface area contributed by atoms with E-state index in [-0.39, 0.29) is 5.91 Å². The van der Waals surface area contributed by atoms with Crippen molar-refractivity contribution in [3.8, 4) is 0 Å². The van der Waals surface area contributed by atoms with Crippen LogP contribution in [0, 0.1) is 0 Å². The number of hydrogen-bond acceptors (Lipinski definition) is 2. The minimum atomic E-state index is -0.377. The Kier molecular flexibility index (Phi) is 2.70. The van der Waals surface area contributed by atoms with Crippen molar-refractivity contribution in [2.24, 2.45) is 5.73 Å². The fourth-order valence-electron chi connectivity index (χ4n) is 2.58. The van der Waals surface area contributed by atoms with Gasteiger partial charge in [-0.25, -0.2) is 0 Å². The van der Waals surface area contributed by atoms with Crippen LogP contribution < -0.4 is 10.6 Å². The number of aromatic nitrogens is 1. The Labute approximate surface area is 106 Å². The molecule has 1 saturated heterocycles. The molecule has 2 heterocycles. The largest absolute Gasteiger partial charge is 0.366 e. The Morgan fingerprint density at radius 1 is 1.17 bits per heavy atom. The monoisotopic (exact) mass is 243 g/mol. The molecule has 4 heteroatoms. The van der Waals surface area contributed by atoms with Gasteiger partial charge in [-0.2, -0.15) is 0 Å². The Bertz CT molecular complexity index is 582. The molecular weight excluding hydrogens is 226 g/mol. The van der Waals surface area contributed by atoms with Gasteiger partial charge in [0.15, 0.2) is 0 Å². The summed E-state index contributed by atoms with van der Waals surface area (Å²) in [5.74, 6) is 0.768. The van der Waals surface area contributed by atoms with Crippen LogP contribution in [0.4, 0.5) is 5.82 Å². The second kappa shape index (κ2) is 4.37. The first-order valence-electron chi connectivity index (χ1n) is 6.41. The van der Waals surface area contributed by atoms with Gasteiger partial charge in [0.1, 0.15) is 5.82 Å². The topological polar surface area (TPSA) is 62.1 Å². The molecule has 1 aliphatic heterocycles. The van der Waals surface area contributed by atoms with Crippen LogP contribution in [0.3, 0.4) is 0 Å². The minimum absolute atomic E-state index is 0.377. The molecule has 0 bridgehead atoms. The fraction of sp³-hybridized carbons (Fsp3) is 0.357. The van der Waals surface area contributed by atoms with E-state index < -0.39 is 0 Å². The van der Waals surface area contributed by atoms with Crippen LogP contribution in [0.5, 0.6) is 0 Å². The van der Waals surface area contributed by atoms with Gasteiger partial charge in [-0.15, -0.1) is 0 Å². The van der Waals surface area contributed by atoms with E-state index in [9.17, 15) is 4.79 Å². The highest BCUT2D eigenvalue weighted by molar-refractivity contribution is 5.97. The summed E-state index contributed by atoms with van der Waals surface area (Å²) in [6.45, 7) is 2.21. The lowest BCUT2D eigenvalue weighted by atomic mass is 10.1. The highest BCUT2D eigenvalue weighted by atomic mass is 16.1. The number of H-pyrrole nitrogens is 1. The summed E-state index contributed by atoms with van der Waals surface area (Å²) in [6, 6.07) is 7.64. The first-order chi connectivity index (χ1) is 8.74. The number of benzene rings is 1. The molecule has 18 heavy (non-hydrogen) atoms. The summed E-state index contributed by atoms with van der Waals surface area (Å²) < 4.78 is 0. The molecule has 0 unspecified atom stereocenters. The molecule has 1 aliphatic rings. The Hall–Kier alpha value is -1.97. The van der Waals surface area contributed by atoms with Crippen LogP contribution in [0.2, 0.25) is 0 Å². The van der Waals surface area contributed by atoms with Gasteiger partial charge >= 0.3 is 0 Å². The number of nitrogens with two attached hydrogens (primary N) is 1. The van der Waals surface area contributed by atoms with Gasteiger partial charge in [-0.05, 0) is 43.5 Å². The normalized spacial score (nSPS) is 16.1. The second-order valence-electron chi connectivity index (χ2n) is 4.87. The lowest BCUT2D eigenvalue weighted by Gasteiger charge is -2.27. The van der Waals surface area contributed by atoms with Gasteiger partial charge in [-0.3, -0.25) is 4.79 Å². The van der Waals surface area contributed by atoms with E-state index in [4.69, 9.17) is 5.73 Å². The quantitative estimate of drug-likeness (QED) is 0.849. The Morgan fingerprint density at radius 2 is 1.94 bits per heavy atom. The zero-order chi connectivity index (χ0) is 12.5. The van der Waals surface area contributed by atoms with Crippen molar-refractivity contribution < 1.29 is 4.79 Å². The maximum absolute atomic E-state index is 11.2. The number of piperidine rings is 1. The molecule has 4 nitrogen and oxygen atoms in total. The van der Waals surface area contributed by atoms with Gasteiger partial charge in [-0.1, -0.05) is 0 Å². The Morgan fingerprint density at radius 3 is 2.67 bits per heavy atom. The summed E-state index contributed by atoms with van der Waals surface area (Å²) in [7, 11) is 0. The molecule has 94 valence electrons. The number of amides is 1. The van der Waals surface area contributed by atoms with Gasteiger partial charge in [0.25, 0.3) is 0 Å². The maximum Gasteiger partial charge on any atom is 0.248 e. The van der Waals surface area contributed by atoms with Gasteiger partial charge in [0, 0.05) is 29.6 Å².